The van der Waals surface area contributed by atoms with E-state index >= 15 is 0 Å². The molecule has 148 valence electrons. The lowest BCUT2D eigenvalue weighted by Crippen LogP contribution is -2.11. The van der Waals surface area contributed by atoms with Crippen molar-refractivity contribution in [3.05, 3.63) is 26.0 Å². The Morgan fingerprint density at radius 2 is 1.08 bits per heavy atom. The van der Waals surface area contributed by atoms with E-state index in [0.717, 1.165) is 24.7 Å². The molecule has 0 amide bonds. The molecule has 0 heterocycles. The van der Waals surface area contributed by atoms with Crippen molar-refractivity contribution in [3.63, 3.8) is 0 Å². The molecule has 0 saturated carbocycles. The summed E-state index contributed by atoms with van der Waals surface area (Å²) >= 11 is 0. The fraction of sp³-hybridized carbons (Fsp3) is 0.840. The minimum Gasteiger partial charge on any atom is -0.0885 e. The van der Waals surface area contributed by atoms with Crippen LogP contribution in [0.2, 0.25) is 0 Å². The van der Waals surface area contributed by atoms with Gasteiger partial charge in [0.15, 0.2) is 0 Å². The Labute approximate surface area is 161 Å². The van der Waals surface area contributed by atoms with Gasteiger partial charge in [0.1, 0.15) is 0 Å². The molecule has 0 N–H and O–H groups in total. The van der Waals surface area contributed by atoms with Crippen LogP contribution in [0.4, 0.5) is 0 Å². The fourth-order valence-corrected chi connectivity index (χ4v) is 3.68. The van der Waals surface area contributed by atoms with Crippen LogP contribution in [0, 0.1) is 25.7 Å². The number of hydrogen-bond donors (Lipinski definition) is 0. The minimum absolute atomic E-state index is 0.902. The fourth-order valence-electron chi connectivity index (χ4n) is 3.68. The number of hydrogen-bond acceptors (Lipinski definition) is 0. The number of unbranched alkanes of at least 4 members (excludes halogenated alkanes) is 11. The van der Waals surface area contributed by atoms with Crippen molar-refractivity contribution < 1.29 is 0 Å². The van der Waals surface area contributed by atoms with E-state index in [-0.39, 0.29) is 0 Å². The van der Waals surface area contributed by atoms with Crippen LogP contribution in [-0.4, -0.2) is 0 Å². The minimum atomic E-state index is 0.902. The molecular formula is C25H48. The quantitative estimate of drug-likeness (QED) is 0.161. The maximum atomic E-state index is 3.96. The van der Waals surface area contributed by atoms with Crippen molar-refractivity contribution in [2.45, 2.75) is 123 Å². The first kappa shape index (κ1) is 24.7. The van der Waals surface area contributed by atoms with Gasteiger partial charge in [-0.2, -0.15) is 0 Å². The molecule has 2 atom stereocenters. The van der Waals surface area contributed by atoms with Gasteiger partial charge in [-0.05, 0) is 37.5 Å². The molecule has 2 unspecified atom stereocenters. The standard InChI is InChI=1S/C25H48/c1-5-8-10-12-13-14-15-16-17-18-19-21-23-25(24(4)7-3)22-20-11-9-6-2/h16-17,24-25H,1-2,5-15,18-23H2,3-4H3/b17-16+. The van der Waals surface area contributed by atoms with E-state index in [1.165, 1.54) is 96.3 Å². The third-order valence-corrected chi connectivity index (χ3v) is 5.76. The van der Waals surface area contributed by atoms with E-state index < -0.39 is 0 Å². The van der Waals surface area contributed by atoms with Gasteiger partial charge < -0.3 is 0 Å². The smallest absolute Gasteiger partial charge is 0.0351 e. The summed E-state index contributed by atoms with van der Waals surface area (Å²) in [5, 5.41) is 0. The predicted molar refractivity (Wildman–Crippen MR) is 117 cm³/mol. The van der Waals surface area contributed by atoms with Gasteiger partial charge in [-0.15, -0.1) is 0 Å². The van der Waals surface area contributed by atoms with E-state index in [0.29, 0.717) is 0 Å². The van der Waals surface area contributed by atoms with E-state index in [1.54, 1.807) is 0 Å². The molecule has 0 nitrogen and oxygen atoms in total. The molecular weight excluding hydrogens is 300 g/mol. The zero-order valence-electron chi connectivity index (χ0n) is 17.7. The van der Waals surface area contributed by atoms with Gasteiger partial charge in [0, 0.05) is 0 Å². The molecule has 0 aromatic rings. The van der Waals surface area contributed by atoms with Crippen LogP contribution in [0.3, 0.4) is 0 Å². The molecule has 0 bridgehead atoms. The zero-order valence-corrected chi connectivity index (χ0v) is 17.7. The summed E-state index contributed by atoms with van der Waals surface area (Å²) in [7, 11) is 0. The Hall–Kier alpha value is -0.260. The largest absolute Gasteiger partial charge is 0.0885 e. The third-order valence-electron chi connectivity index (χ3n) is 5.76. The molecule has 0 spiro atoms. The first-order valence-corrected chi connectivity index (χ1v) is 11.5. The summed E-state index contributed by atoms with van der Waals surface area (Å²) in [6.45, 7) is 12.7. The molecule has 0 rings (SSSR count). The summed E-state index contributed by atoms with van der Waals surface area (Å²) in [6.07, 6.45) is 27.6. The van der Waals surface area contributed by atoms with Gasteiger partial charge >= 0.3 is 0 Å². The molecule has 0 aliphatic carbocycles. The maximum Gasteiger partial charge on any atom is -0.0351 e. The van der Waals surface area contributed by atoms with Crippen LogP contribution in [0.1, 0.15) is 123 Å². The van der Waals surface area contributed by atoms with Crippen molar-refractivity contribution in [1.82, 2.24) is 0 Å². The zero-order chi connectivity index (χ0) is 18.6. The van der Waals surface area contributed by atoms with Crippen molar-refractivity contribution in [1.29, 1.82) is 0 Å². The van der Waals surface area contributed by atoms with E-state index in [1.807, 2.05) is 0 Å². The van der Waals surface area contributed by atoms with Crippen molar-refractivity contribution in [3.8, 4) is 0 Å². The highest BCUT2D eigenvalue weighted by molar-refractivity contribution is 4.81. The van der Waals surface area contributed by atoms with Gasteiger partial charge in [-0.3, -0.25) is 0 Å². The first-order chi connectivity index (χ1) is 12.3. The maximum absolute atomic E-state index is 3.96. The van der Waals surface area contributed by atoms with Crippen LogP contribution in [0.25, 0.3) is 0 Å². The molecule has 0 saturated heterocycles. The lowest BCUT2D eigenvalue weighted by Gasteiger charge is -2.23. The van der Waals surface area contributed by atoms with E-state index in [2.05, 4.69) is 39.8 Å². The molecule has 0 aromatic carbocycles. The Bertz CT molecular complexity index is 265. The second-order valence-corrected chi connectivity index (χ2v) is 8.01. The number of allylic oxidation sites excluding steroid dienone is 2. The predicted octanol–water partition coefficient (Wildman–Crippen LogP) is 9.11. The summed E-state index contributed by atoms with van der Waals surface area (Å²) in [5.74, 6) is 1.86. The SMILES string of the molecule is [CH2]CCCCCCC/C=C/CCCCC(CCCCC[CH2])C(C)CC. The average molecular weight is 349 g/mol. The van der Waals surface area contributed by atoms with Crippen LogP contribution in [0.5, 0.6) is 0 Å². The van der Waals surface area contributed by atoms with Gasteiger partial charge in [0.05, 0.1) is 0 Å². The van der Waals surface area contributed by atoms with Crippen LogP contribution in [-0.2, 0) is 0 Å². The molecule has 25 heavy (non-hydrogen) atoms. The molecule has 0 aliphatic heterocycles. The first-order valence-electron chi connectivity index (χ1n) is 11.5. The summed E-state index contributed by atoms with van der Waals surface area (Å²) in [4.78, 5) is 0. The second kappa shape index (κ2) is 20.1. The van der Waals surface area contributed by atoms with Gasteiger partial charge in [0.25, 0.3) is 0 Å². The lowest BCUT2D eigenvalue weighted by molar-refractivity contribution is 0.290. The summed E-state index contributed by atoms with van der Waals surface area (Å²) in [6, 6.07) is 0. The highest BCUT2D eigenvalue weighted by atomic mass is 14.2. The van der Waals surface area contributed by atoms with Gasteiger partial charge in [0.2, 0.25) is 0 Å². The topological polar surface area (TPSA) is 0 Å². The Morgan fingerprint density at radius 3 is 1.64 bits per heavy atom. The van der Waals surface area contributed by atoms with E-state index in [4.69, 9.17) is 0 Å². The molecule has 0 aromatic heterocycles. The Morgan fingerprint density at radius 1 is 0.640 bits per heavy atom. The lowest BCUT2D eigenvalue weighted by atomic mass is 9.83. The summed E-state index contributed by atoms with van der Waals surface area (Å²) < 4.78 is 0. The monoisotopic (exact) mass is 348 g/mol. The highest BCUT2D eigenvalue weighted by Crippen LogP contribution is 2.27. The van der Waals surface area contributed by atoms with Crippen molar-refractivity contribution >= 4 is 0 Å². The third kappa shape index (κ3) is 16.9. The molecule has 0 aliphatic rings. The molecule has 2 radical (unpaired) electrons. The normalized spacial score (nSPS) is 14.2. The summed E-state index contributed by atoms with van der Waals surface area (Å²) in [5.41, 5.74) is 0. The Kier molecular flexibility index (Phi) is 19.8. The Balaban J connectivity index is 3.61. The molecule has 0 heteroatoms. The van der Waals surface area contributed by atoms with Crippen LogP contribution >= 0.6 is 0 Å². The average Bonchev–Trinajstić information content (AvgIpc) is 2.63. The van der Waals surface area contributed by atoms with E-state index in [9.17, 15) is 0 Å². The van der Waals surface area contributed by atoms with Crippen LogP contribution in [0.15, 0.2) is 12.2 Å². The second-order valence-electron chi connectivity index (χ2n) is 8.01. The van der Waals surface area contributed by atoms with Crippen molar-refractivity contribution in [2.75, 3.05) is 0 Å². The molecule has 0 fully saturated rings. The number of rotatable bonds is 19. The van der Waals surface area contributed by atoms with Crippen LogP contribution < -0.4 is 0 Å². The van der Waals surface area contributed by atoms with Gasteiger partial charge in [-0.1, -0.05) is 123 Å². The highest BCUT2D eigenvalue weighted by Gasteiger charge is 2.14. The van der Waals surface area contributed by atoms with Gasteiger partial charge in [-0.25, -0.2) is 0 Å². The van der Waals surface area contributed by atoms with Crippen molar-refractivity contribution in [2.24, 2.45) is 11.8 Å².